The second-order valence-corrected chi connectivity index (χ2v) is 8.34. The summed E-state index contributed by atoms with van der Waals surface area (Å²) < 4.78 is 0. The van der Waals surface area contributed by atoms with Crippen LogP contribution in [-0.4, -0.2) is 46.1 Å². The minimum absolute atomic E-state index is 0. The van der Waals surface area contributed by atoms with Gasteiger partial charge in [-0.1, -0.05) is 30.3 Å². The summed E-state index contributed by atoms with van der Waals surface area (Å²) in [7, 11) is 0. The van der Waals surface area contributed by atoms with Crippen molar-refractivity contribution in [1.82, 2.24) is 9.88 Å². The number of piperidine rings is 1. The molecule has 0 spiro atoms. The predicted octanol–water partition coefficient (Wildman–Crippen LogP) is 4.32. The summed E-state index contributed by atoms with van der Waals surface area (Å²) in [5.74, 6) is -0.0941. The summed E-state index contributed by atoms with van der Waals surface area (Å²) in [6, 6.07) is 16.2. The van der Waals surface area contributed by atoms with Crippen LogP contribution < -0.4 is 0 Å². The molecule has 2 aromatic carbocycles. The first-order valence-electron chi connectivity index (χ1n) is 10.8. The number of aromatic nitrogens is 1. The van der Waals surface area contributed by atoms with E-state index in [0.29, 0.717) is 5.56 Å². The molecule has 3 aromatic rings. The molecule has 30 heavy (non-hydrogen) atoms. The standard InChI is InChI=1S/C25H30N2O2.H2O/c28-25(29)21-11-12-24-23(16-21)22(17-26-24)10-4-5-13-27-14-6-9-20(18-27)15-19-7-2-1-3-8-19;/h1-3,7-8,11-12,16-17,20,26H,4-6,9-10,13-15,18H2,(H,28,29);1H2. The van der Waals surface area contributed by atoms with Crippen LogP contribution in [0.4, 0.5) is 0 Å². The number of fused-ring (bicyclic) bond motifs is 1. The number of benzene rings is 2. The molecule has 0 amide bonds. The van der Waals surface area contributed by atoms with Crippen molar-refractivity contribution in [3.63, 3.8) is 0 Å². The summed E-state index contributed by atoms with van der Waals surface area (Å²) in [5, 5.41) is 10.3. The summed E-state index contributed by atoms with van der Waals surface area (Å²) in [6.07, 6.45) is 9.17. The molecule has 1 saturated heterocycles. The molecule has 5 heteroatoms. The Hall–Kier alpha value is -2.63. The van der Waals surface area contributed by atoms with E-state index in [4.69, 9.17) is 0 Å². The maximum Gasteiger partial charge on any atom is 0.335 e. The first kappa shape index (κ1) is 22.1. The fourth-order valence-electron chi connectivity index (χ4n) is 4.64. The number of carboxylic acid groups (broad SMARTS) is 1. The molecule has 160 valence electrons. The number of nitrogens with one attached hydrogen (secondary N) is 1. The van der Waals surface area contributed by atoms with E-state index in [-0.39, 0.29) is 5.48 Å². The highest BCUT2D eigenvalue weighted by Crippen LogP contribution is 2.23. The maximum atomic E-state index is 11.2. The molecule has 1 unspecified atom stereocenters. The molecule has 1 aromatic heterocycles. The van der Waals surface area contributed by atoms with Crippen LogP contribution in [0.15, 0.2) is 54.7 Å². The number of aryl methyl sites for hydroxylation is 1. The topological polar surface area (TPSA) is 87.8 Å². The van der Waals surface area contributed by atoms with Crippen molar-refractivity contribution in [3.8, 4) is 0 Å². The SMILES string of the molecule is O.O=C(O)c1ccc2[nH]cc(CCCCN3CCCC(Cc4ccccc4)C3)c2c1. The first-order valence-corrected chi connectivity index (χ1v) is 10.8. The number of unbranched alkanes of at least 4 members (excludes halogenated alkanes) is 1. The molecule has 1 aliphatic heterocycles. The van der Waals surface area contributed by atoms with Crippen LogP contribution in [0.2, 0.25) is 0 Å². The van der Waals surface area contributed by atoms with Gasteiger partial charge in [0.1, 0.15) is 0 Å². The van der Waals surface area contributed by atoms with Crippen molar-refractivity contribution in [1.29, 1.82) is 0 Å². The first-order chi connectivity index (χ1) is 14.2. The minimum Gasteiger partial charge on any atom is -0.478 e. The summed E-state index contributed by atoms with van der Waals surface area (Å²) in [4.78, 5) is 17.1. The number of carbonyl (C=O) groups is 1. The number of carboxylic acids is 1. The molecule has 5 nitrogen and oxygen atoms in total. The van der Waals surface area contributed by atoms with Crippen LogP contribution in [0.25, 0.3) is 10.9 Å². The zero-order chi connectivity index (χ0) is 20.1. The van der Waals surface area contributed by atoms with Crippen molar-refractivity contribution in [2.45, 2.75) is 38.5 Å². The van der Waals surface area contributed by atoms with Gasteiger partial charge in [-0.15, -0.1) is 0 Å². The third-order valence-corrected chi connectivity index (χ3v) is 6.16. The predicted molar refractivity (Wildman–Crippen MR) is 121 cm³/mol. The van der Waals surface area contributed by atoms with Crippen LogP contribution >= 0.6 is 0 Å². The number of nitrogens with zero attached hydrogens (tertiary/aromatic N) is 1. The zero-order valence-electron chi connectivity index (χ0n) is 17.4. The van der Waals surface area contributed by atoms with Crippen LogP contribution in [0, 0.1) is 5.92 Å². The van der Waals surface area contributed by atoms with Crippen LogP contribution in [-0.2, 0) is 12.8 Å². The Labute approximate surface area is 178 Å². The van der Waals surface area contributed by atoms with E-state index in [1.165, 1.54) is 49.9 Å². The number of H-pyrrole nitrogens is 1. The third kappa shape index (κ3) is 5.49. The van der Waals surface area contributed by atoms with Gasteiger partial charge in [0.25, 0.3) is 0 Å². The van der Waals surface area contributed by atoms with Crippen molar-refractivity contribution >= 4 is 16.9 Å². The molecule has 0 radical (unpaired) electrons. The fourth-order valence-corrected chi connectivity index (χ4v) is 4.64. The molecule has 4 N–H and O–H groups in total. The number of likely N-dealkylation sites (tertiary alicyclic amines) is 1. The summed E-state index contributed by atoms with van der Waals surface area (Å²) >= 11 is 0. The second kappa shape index (κ2) is 10.4. The fraction of sp³-hybridized carbons (Fsp3) is 0.400. The Morgan fingerprint density at radius 2 is 1.97 bits per heavy atom. The van der Waals surface area contributed by atoms with E-state index in [0.717, 1.165) is 36.2 Å². The lowest BCUT2D eigenvalue weighted by molar-refractivity contribution is 0.0697. The van der Waals surface area contributed by atoms with E-state index >= 15 is 0 Å². The molecular weight excluding hydrogens is 376 g/mol. The van der Waals surface area contributed by atoms with E-state index < -0.39 is 5.97 Å². The highest BCUT2D eigenvalue weighted by molar-refractivity contribution is 5.94. The second-order valence-electron chi connectivity index (χ2n) is 8.34. The van der Waals surface area contributed by atoms with Gasteiger partial charge in [-0.3, -0.25) is 0 Å². The van der Waals surface area contributed by atoms with Crippen molar-refractivity contribution in [2.75, 3.05) is 19.6 Å². The van der Waals surface area contributed by atoms with Gasteiger partial charge in [0.05, 0.1) is 5.56 Å². The maximum absolute atomic E-state index is 11.2. The van der Waals surface area contributed by atoms with Gasteiger partial charge in [-0.2, -0.15) is 0 Å². The van der Waals surface area contributed by atoms with Gasteiger partial charge >= 0.3 is 5.97 Å². The molecular formula is C25H32N2O3. The number of aromatic amines is 1. The largest absolute Gasteiger partial charge is 0.478 e. The Balaban J connectivity index is 0.00000256. The van der Waals surface area contributed by atoms with E-state index in [1.54, 1.807) is 12.1 Å². The number of hydrogen-bond donors (Lipinski definition) is 2. The van der Waals surface area contributed by atoms with Gasteiger partial charge < -0.3 is 20.5 Å². The Morgan fingerprint density at radius 1 is 1.13 bits per heavy atom. The Kier molecular flexibility index (Phi) is 7.66. The molecule has 2 heterocycles. The lowest BCUT2D eigenvalue weighted by Crippen LogP contribution is -2.36. The minimum atomic E-state index is -0.866. The van der Waals surface area contributed by atoms with Crippen molar-refractivity contribution in [2.24, 2.45) is 5.92 Å². The quantitative estimate of drug-likeness (QED) is 0.544. The zero-order valence-corrected chi connectivity index (χ0v) is 17.4. The summed E-state index contributed by atoms with van der Waals surface area (Å²) in [6.45, 7) is 3.60. The smallest absolute Gasteiger partial charge is 0.335 e. The lowest BCUT2D eigenvalue weighted by atomic mass is 9.91. The van der Waals surface area contributed by atoms with E-state index in [1.807, 2.05) is 12.3 Å². The van der Waals surface area contributed by atoms with Gasteiger partial charge in [0, 0.05) is 23.6 Å². The normalized spacial score (nSPS) is 17.0. The average Bonchev–Trinajstić information content (AvgIpc) is 3.14. The van der Waals surface area contributed by atoms with Crippen molar-refractivity contribution in [3.05, 3.63) is 71.4 Å². The van der Waals surface area contributed by atoms with Gasteiger partial charge in [0.15, 0.2) is 0 Å². The number of rotatable bonds is 8. The van der Waals surface area contributed by atoms with Gasteiger partial charge in [-0.05, 0) is 86.9 Å². The van der Waals surface area contributed by atoms with Gasteiger partial charge in [0.2, 0.25) is 0 Å². The van der Waals surface area contributed by atoms with Gasteiger partial charge in [-0.25, -0.2) is 4.79 Å². The van der Waals surface area contributed by atoms with E-state index in [9.17, 15) is 9.90 Å². The van der Waals surface area contributed by atoms with Crippen LogP contribution in [0.3, 0.4) is 0 Å². The Morgan fingerprint density at radius 3 is 2.77 bits per heavy atom. The van der Waals surface area contributed by atoms with Crippen molar-refractivity contribution < 1.29 is 15.4 Å². The average molecular weight is 409 g/mol. The highest BCUT2D eigenvalue weighted by Gasteiger charge is 2.19. The summed E-state index contributed by atoms with van der Waals surface area (Å²) in [5.41, 5.74) is 4.06. The molecule has 1 fully saturated rings. The molecule has 0 bridgehead atoms. The van der Waals surface area contributed by atoms with E-state index in [2.05, 4.69) is 40.2 Å². The lowest BCUT2D eigenvalue weighted by Gasteiger charge is -2.32. The van der Waals surface area contributed by atoms with Crippen LogP contribution in [0.5, 0.6) is 0 Å². The third-order valence-electron chi connectivity index (χ3n) is 6.16. The molecule has 1 aliphatic rings. The molecule has 0 saturated carbocycles. The number of hydrogen-bond acceptors (Lipinski definition) is 2. The molecule has 1 atom stereocenters. The molecule has 4 rings (SSSR count). The Bertz CT molecular complexity index is 951. The number of aromatic carboxylic acids is 1. The monoisotopic (exact) mass is 408 g/mol. The van der Waals surface area contributed by atoms with Crippen LogP contribution in [0.1, 0.15) is 47.2 Å². The molecule has 0 aliphatic carbocycles. The highest BCUT2D eigenvalue weighted by atomic mass is 16.4.